The molecule has 2 heterocycles. The number of hydrogen-bond acceptors (Lipinski definition) is 7. The van der Waals surface area contributed by atoms with Gasteiger partial charge in [0, 0.05) is 18.0 Å². The predicted octanol–water partition coefficient (Wildman–Crippen LogP) is 4.29. The molecule has 0 bridgehead atoms. The van der Waals surface area contributed by atoms with E-state index in [1.54, 1.807) is 7.11 Å². The van der Waals surface area contributed by atoms with Crippen LogP contribution in [0.4, 0.5) is 5.69 Å². The van der Waals surface area contributed by atoms with Crippen LogP contribution in [-0.2, 0) is 15.1 Å². The average molecular weight is 592 g/mol. The third-order valence-electron chi connectivity index (χ3n) is 7.93. The molecular weight excluding hydrogens is 558 g/mol. The van der Waals surface area contributed by atoms with Gasteiger partial charge in [0.25, 0.3) is 5.56 Å². The molecular formula is C35H33N3O6. The summed E-state index contributed by atoms with van der Waals surface area (Å²) in [4.78, 5) is 26.7. The van der Waals surface area contributed by atoms with E-state index in [9.17, 15) is 14.7 Å². The molecule has 0 spiro atoms. The van der Waals surface area contributed by atoms with Crippen LogP contribution in [0.5, 0.6) is 5.75 Å². The largest absolute Gasteiger partial charge is 0.497 e. The second-order valence-electron chi connectivity index (χ2n) is 10.6. The summed E-state index contributed by atoms with van der Waals surface area (Å²) in [5.74, 6) is 0.690. The summed E-state index contributed by atoms with van der Waals surface area (Å²) in [6, 6.07) is 37.7. The van der Waals surface area contributed by atoms with Gasteiger partial charge in [-0.25, -0.2) is 4.79 Å². The summed E-state index contributed by atoms with van der Waals surface area (Å²) >= 11 is 0. The first-order valence-electron chi connectivity index (χ1n) is 14.4. The number of ether oxygens (including phenoxy) is 3. The molecule has 0 saturated carbocycles. The second kappa shape index (κ2) is 12.7. The molecule has 1 saturated heterocycles. The van der Waals surface area contributed by atoms with Crippen molar-refractivity contribution in [2.24, 2.45) is 0 Å². The van der Waals surface area contributed by atoms with Gasteiger partial charge >= 0.3 is 5.69 Å². The molecule has 224 valence electrons. The fourth-order valence-corrected chi connectivity index (χ4v) is 5.78. The zero-order valence-corrected chi connectivity index (χ0v) is 24.1. The van der Waals surface area contributed by atoms with E-state index >= 15 is 0 Å². The molecule has 3 N–H and O–H groups in total. The van der Waals surface area contributed by atoms with E-state index in [1.165, 1.54) is 16.8 Å². The number of aliphatic hydroxyl groups excluding tert-OH is 1. The van der Waals surface area contributed by atoms with Gasteiger partial charge in [-0.2, -0.15) is 0 Å². The van der Waals surface area contributed by atoms with Crippen LogP contribution in [0, 0.1) is 0 Å². The number of nitrogens with zero attached hydrogens (tertiary/aromatic N) is 1. The topological polar surface area (TPSA) is 115 Å². The molecule has 44 heavy (non-hydrogen) atoms. The highest BCUT2D eigenvalue weighted by Crippen LogP contribution is 2.42. The van der Waals surface area contributed by atoms with Gasteiger partial charge in [0.1, 0.15) is 23.6 Å². The van der Waals surface area contributed by atoms with Gasteiger partial charge < -0.3 is 24.6 Å². The third-order valence-corrected chi connectivity index (χ3v) is 7.93. The Labute approximate surface area is 254 Å². The third kappa shape index (κ3) is 5.68. The number of methoxy groups -OCH3 is 1. The first-order valence-corrected chi connectivity index (χ1v) is 14.4. The maximum atomic E-state index is 12.7. The van der Waals surface area contributed by atoms with Crippen molar-refractivity contribution in [1.29, 1.82) is 0 Å². The molecule has 9 nitrogen and oxygen atoms in total. The first kappa shape index (κ1) is 29.1. The SMILES string of the molecule is COc1ccc(N[C@H]2[C@H](O)[C@H](n3ccc(=O)[nH]c3=O)O[C@@H]2COC(c2ccccc2)(c2ccccc2)c2ccccc2)cc1. The van der Waals surface area contributed by atoms with Gasteiger partial charge in [-0.15, -0.1) is 0 Å². The van der Waals surface area contributed by atoms with Crippen molar-refractivity contribution in [1.82, 2.24) is 9.55 Å². The number of aliphatic hydroxyl groups is 1. The Hall–Kier alpha value is -4.96. The molecule has 0 radical (unpaired) electrons. The van der Waals surface area contributed by atoms with Crippen LogP contribution in [0.15, 0.2) is 137 Å². The van der Waals surface area contributed by atoms with E-state index in [2.05, 4.69) is 10.3 Å². The van der Waals surface area contributed by atoms with Crippen LogP contribution < -0.4 is 21.3 Å². The van der Waals surface area contributed by atoms with Crippen LogP contribution in [0.2, 0.25) is 0 Å². The summed E-state index contributed by atoms with van der Waals surface area (Å²) in [6.07, 6.45) is -1.64. The molecule has 1 aliphatic heterocycles. The standard InChI is InChI=1S/C35H33N3O6/c1-42-28-19-17-27(18-20-28)36-31-29(44-33(32(31)40)38-22-21-30(39)37-34(38)41)23-43-35(24-11-5-2-6-12-24,25-13-7-3-8-14-25)26-15-9-4-10-16-26/h2-22,29,31-33,36,40H,23H2,1H3,(H,37,39,41)/t29-,31-,32+,33-/m1/s1. The Morgan fingerprint density at radius 3 is 1.86 bits per heavy atom. The van der Waals surface area contributed by atoms with Crippen LogP contribution in [-0.4, -0.2) is 46.6 Å². The normalized spacial score (nSPS) is 19.9. The number of rotatable bonds is 10. The molecule has 1 aliphatic rings. The minimum atomic E-state index is -1.17. The summed E-state index contributed by atoms with van der Waals surface area (Å²) in [6.45, 7) is 0.0398. The number of H-pyrrole nitrogens is 1. The van der Waals surface area contributed by atoms with Gasteiger partial charge in [0.2, 0.25) is 0 Å². The fourth-order valence-electron chi connectivity index (χ4n) is 5.78. The quantitative estimate of drug-likeness (QED) is 0.208. The number of hydrogen-bond donors (Lipinski definition) is 3. The van der Waals surface area contributed by atoms with Crippen molar-refractivity contribution >= 4 is 5.69 Å². The molecule has 9 heteroatoms. The van der Waals surface area contributed by atoms with Crippen molar-refractivity contribution in [2.45, 2.75) is 30.1 Å². The Morgan fingerprint density at radius 2 is 1.36 bits per heavy atom. The Bertz CT molecular complexity index is 1680. The summed E-state index contributed by atoms with van der Waals surface area (Å²) in [7, 11) is 1.59. The van der Waals surface area contributed by atoms with Gasteiger partial charge in [-0.05, 0) is 41.0 Å². The Morgan fingerprint density at radius 1 is 0.818 bits per heavy atom. The molecule has 4 atom stereocenters. The number of nitrogens with one attached hydrogen (secondary N) is 2. The minimum absolute atomic E-state index is 0.0398. The lowest BCUT2D eigenvalue weighted by atomic mass is 9.80. The minimum Gasteiger partial charge on any atom is -0.497 e. The zero-order chi connectivity index (χ0) is 30.5. The highest BCUT2D eigenvalue weighted by atomic mass is 16.6. The highest BCUT2D eigenvalue weighted by molar-refractivity contribution is 5.49. The van der Waals surface area contributed by atoms with Crippen LogP contribution in [0.3, 0.4) is 0 Å². The average Bonchev–Trinajstić information content (AvgIpc) is 3.37. The molecule has 1 fully saturated rings. The molecule has 0 unspecified atom stereocenters. The summed E-state index contributed by atoms with van der Waals surface area (Å²) in [5.41, 5.74) is 1.24. The number of aromatic amines is 1. The van der Waals surface area contributed by atoms with Gasteiger partial charge in [0.15, 0.2) is 6.23 Å². The smallest absolute Gasteiger partial charge is 0.330 e. The van der Waals surface area contributed by atoms with Crippen molar-refractivity contribution < 1.29 is 19.3 Å². The van der Waals surface area contributed by atoms with Crippen molar-refractivity contribution in [3.63, 3.8) is 0 Å². The fraction of sp³-hybridized carbons (Fsp3) is 0.200. The van der Waals surface area contributed by atoms with E-state index in [1.807, 2.05) is 115 Å². The van der Waals surface area contributed by atoms with Crippen LogP contribution >= 0.6 is 0 Å². The maximum Gasteiger partial charge on any atom is 0.330 e. The number of anilines is 1. The highest BCUT2D eigenvalue weighted by Gasteiger charge is 2.47. The van der Waals surface area contributed by atoms with Crippen molar-refractivity contribution in [2.75, 3.05) is 19.0 Å². The van der Waals surface area contributed by atoms with E-state index in [4.69, 9.17) is 14.2 Å². The summed E-state index contributed by atoms with van der Waals surface area (Å²) in [5, 5.41) is 15.0. The van der Waals surface area contributed by atoms with E-state index in [0.717, 1.165) is 22.4 Å². The molecule has 0 amide bonds. The zero-order valence-electron chi connectivity index (χ0n) is 24.1. The molecule has 6 rings (SSSR count). The maximum absolute atomic E-state index is 12.7. The monoisotopic (exact) mass is 591 g/mol. The molecule has 0 aliphatic carbocycles. The predicted molar refractivity (Wildman–Crippen MR) is 167 cm³/mol. The Balaban J connectivity index is 1.41. The number of aromatic nitrogens is 2. The van der Waals surface area contributed by atoms with Gasteiger partial charge in [-0.1, -0.05) is 91.0 Å². The van der Waals surface area contributed by atoms with Crippen molar-refractivity contribution in [3.8, 4) is 5.75 Å². The summed E-state index contributed by atoms with van der Waals surface area (Å²) < 4.78 is 19.9. The van der Waals surface area contributed by atoms with E-state index < -0.39 is 41.3 Å². The first-order chi connectivity index (χ1) is 21.5. The van der Waals surface area contributed by atoms with Crippen LogP contribution in [0.25, 0.3) is 0 Å². The van der Waals surface area contributed by atoms with Gasteiger partial charge in [-0.3, -0.25) is 14.3 Å². The Kier molecular flexibility index (Phi) is 8.42. The van der Waals surface area contributed by atoms with E-state index in [0.29, 0.717) is 5.75 Å². The number of benzene rings is 4. The van der Waals surface area contributed by atoms with E-state index in [-0.39, 0.29) is 6.61 Å². The molecule has 1 aromatic heterocycles. The lowest BCUT2D eigenvalue weighted by Crippen LogP contribution is -2.43. The van der Waals surface area contributed by atoms with Crippen molar-refractivity contribution in [3.05, 3.63) is 165 Å². The lowest BCUT2D eigenvalue weighted by molar-refractivity contribution is -0.0880. The molecule has 5 aromatic rings. The second-order valence-corrected chi connectivity index (χ2v) is 10.6. The van der Waals surface area contributed by atoms with Crippen LogP contribution in [0.1, 0.15) is 22.9 Å². The lowest BCUT2D eigenvalue weighted by Gasteiger charge is -2.37. The van der Waals surface area contributed by atoms with Gasteiger partial charge in [0.05, 0.1) is 19.8 Å². The molecule has 4 aromatic carbocycles.